The summed E-state index contributed by atoms with van der Waals surface area (Å²) in [6, 6.07) is 2.10. The highest BCUT2D eigenvalue weighted by atomic mass is 35.5. The summed E-state index contributed by atoms with van der Waals surface area (Å²) < 4.78 is 52.2. The average Bonchev–Trinajstić information content (AvgIpc) is 3.50. The van der Waals surface area contributed by atoms with Crippen LogP contribution < -0.4 is 20.7 Å². The number of nitrogens with one attached hydrogen (secondary N) is 4. The van der Waals surface area contributed by atoms with Crippen molar-refractivity contribution in [3.63, 3.8) is 0 Å². The van der Waals surface area contributed by atoms with Gasteiger partial charge in [-0.15, -0.1) is 0 Å². The van der Waals surface area contributed by atoms with Crippen LogP contribution >= 0.6 is 11.6 Å². The molecule has 1 aliphatic carbocycles. The van der Waals surface area contributed by atoms with Gasteiger partial charge >= 0.3 is 0 Å². The Hall–Kier alpha value is -3.35. The van der Waals surface area contributed by atoms with Crippen LogP contribution in [0.2, 0.25) is 0 Å². The van der Waals surface area contributed by atoms with Crippen LogP contribution in [0, 0.1) is 11.6 Å². The number of rotatable bonds is 14. The molecule has 0 saturated carbocycles. The Kier molecular flexibility index (Phi) is 13.9. The molecule has 1 saturated heterocycles. The van der Waals surface area contributed by atoms with E-state index in [9.17, 15) is 9.00 Å². The molecule has 2 unspecified atom stereocenters. The largest absolute Gasteiger partial charge is 0.383 e. The number of amides is 1. The summed E-state index contributed by atoms with van der Waals surface area (Å²) in [6.07, 6.45) is 14.6. The second-order valence-electron chi connectivity index (χ2n) is 10.4. The van der Waals surface area contributed by atoms with E-state index >= 15 is 8.78 Å². The number of aliphatic imine (C=N–C) groups is 1. The molecule has 1 aromatic rings. The summed E-state index contributed by atoms with van der Waals surface area (Å²) >= 11 is 6.16. The highest BCUT2D eigenvalue weighted by molar-refractivity contribution is 8.05. The van der Waals surface area contributed by atoms with Gasteiger partial charge in [0.25, 0.3) is 0 Å². The van der Waals surface area contributed by atoms with E-state index in [1.807, 2.05) is 19.9 Å². The number of benzene rings is 1. The Labute approximate surface area is 270 Å². The first kappa shape index (κ1) is 36.1. The molecule has 45 heavy (non-hydrogen) atoms. The van der Waals surface area contributed by atoms with Gasteiger partial charge in [0.2, 0.25) is 5.91 Å². The molecule has 3 atom stereocenters. The van der Waals surface area contributed by atoms with Crippen molar-refractivity contribution in [2.75, 3.05) is 38.2 Å². The second kappa shape index (κ2) is 17.4. The molecule has 4 N–H and O–H groups in total. The van der Waals surface area contributed by atoms with E-state index in [4.69, 9.17) is 16.3 Å². The standard InChI is InChI=1S/C33H42ClF2N5O3S/c1-6-9-10-26(18-24(34)8-3)45(5,43)41-29-14-12-27(35)31(32(29)36)23-11-13-28(22(7-2)17-23)40-21-39-25-19-30(38-20-25)33(42)37-15-16-44-4/h7-14,17-18,25,30,38-39H,5-6,15-16,19-21H2,1-4H3,(H,37,42)(H,41,43)/b10-9?,22-7-,24-8+,26-18+,40-28-/t25?,30-,45?/m1/s1. The fourth-order valence-corrected chi connectivity index (χ4v) is 6.12. The van der Waals surface area contributed by atoms with Crippen LogP contribution in [0.3, 0.4) is 0 Å². The van der Waals surface area contributed by atoms with Crippen LogP contribution in [-0.4, -0.2) is 67.3 Å². The van der Waals surface area contributed by atoms with Gasteiger partial charge in [-0.2, -0.15) is 0 Å². The predicted molar refractivity (Wildman–Crippen MR) is 184 cm³/mol. The molecule has 1 aromatic carbocycles. The highest BCUT2D eigenvalue weighted by Gasteiger charge is 2.29. The normalized spacial score (nSPS) is 22.2. The van der Waals surface area contributed by atoms with Crippen LogP contribution in [0.25, 0.3) is 5.57 Å². The first-order valence-electron chi connectivity index (χ1n) is 14.7. The molecule has 1 heterocycles. The number of allylic oxidation sites excluding steroid dienone is 11. The van der Waals surface area contributed by atoms with Crippen molar-refractivity contribution >= 4 is 50.1 Å². The molecule has 0 spiro atoms. The highest BCUT2D eigenvalue weighted by Crippen LogP contribution is 2.32. The monoisotopic (exact) mass is 661 g/mol. The molecule has 0 aromatic heterocycles. The van der Waals surface area contributed by atoms with Crippen LogP contribution in [0.1, 0.15) is 39.2 Å². The van der Waals surface area contributed by atoms with Crippen molar-refractivity contribution in [2.24, 2.45) is 4.99 Å². The van der Waals surface area contributed by atoms with Gasteiger partial charge in [-0.25, -0.2) is 13.0 Å². The van der Waals surface area contributed by atoms with Crippen LogP contribution in [-0.2, 0) is 19.2 Å². The fraction of sp³-hybridized carbons (Fsp3) is 0.364. The zero-order valence-corrected chi connectivity index (χ0v) is 27.7. The molecule has 244 valence electrons. The zero-order chi connectivity index (χ0) is 33.0. The van der Waals surface area contributed by atoms with E-state index in [1.54, 1.807) is 50.5 Å². The minimum atomic E-state index is -3.26. The number of halogens is 3. The van der Waals surface area contributed by atoms with Gasteiger partial charge in [-0.1, -0.05) is 42.8 Å². The summed E-state index contributed by atoms with van der Waals surface area (Å²) in [7, 11) is -1.68. The summed E-state index contributed by atoms with van der Waals surface area (Å²) in [5, 5.41) is 9.73. The third kappa shape index (κ3) is 10.1. The minimum absolute atomic E-state index is 0.0591. The molecule has 12 heteroatoms. The zero-order valence-electron chi connectivity index (χ0n) is 26.1. The van der Waals surface area contributed by atoms with Gasteiger partial charge in [0.1, 0.15) is 5.82 Å². The lowest BCUT2D eigenvalue weighted by molar-refractivity contribution is -0.123. The molecule has 1 aliphatic heterocycles. The van der Waals surface area contributed by atoms with E-state index in [2.05, 4.69) is 31.5 Å². The smallest absolute Gasteiger partial charge is 0.237 e. The van der Waals surface area contributed by atoms with Crippen molar-refractivity contribution in [1.82, 2.24) is 16.0 Å². The Bertz CT molecular complexity index is 1560. The third-order valence-corrected chi connectivity index (χ3v) is 9.02. The topological polar surface area (TPSA) is 104 Å². The van der Waals surface area contributed by atoms with Crippen molar-refractivity contribution in [3.8, 4) is 0 Å². The Morgan fingerprint density at radius 1 is 1.29 bits per heavy atom. The van der Waals surface area contributed by atoms with Gasteiger partial charge in [0, 0.05) is 31.3 Å². The van der Waals surface area contributed by atoms with Crippen LogP contribution in [0.15, 0.2) is 81.2 Å². The van der Waals surface area contributed by atoms with E-state index in [0.717, 1.165) is 6.07 Å². The Morgan fingerprint density at radius 2 is 2.07 bits per heavy atom. The second-order valence-corrected chi connectivity index (χ2v) is 12.8. The maximum absolute atomic E-state index is 15.9. The van der Waals surface area contributed by atoms with Gasteiger partial charge in [-0.3, -0.25) is 15.1 Å². The van der Waals surface area contributed by atoms with Crippen molar-refractivity contribution in [3.05, 3.63) is 93.4 Å². The molecule has 0 radical (unpaired) electrons. The maximum atomic E-state index is 15.9. The molecular formula is C33H42ClF2N5O3S. The fourth-order valence-electron chi connectivity index (χ4n) is 4.67. The molecule has 3 rings (SSSR count). The summed E-state index contributed by atoms with van der Waals surface area (Å²) in [4.78, 5) is 17.2. The van der Waals surface area contributed by atoms with E-state index in [0.29, 0.717) is 61.1 Å². The van der Waals surface area contributed by atoms with Gasteiger partial charge in [0.05, 0.1) is 50.9 Å². The molecule has 2 aliphatic rings. The quantitative estimate of drug-likeness (QED) is 0.122. The van der Waals surface area contributed by atoms with Crippen LogP contribution in [0.4, 0.5) is 14.5 Å². The minimum Gasteiger partial charge on any atom is -0.383 e. The molecule has 1 amide bonds. The number of carbonyl (C=O) groups excluding carboxylic acids is 1. The van der Waals surface area contributed by atoms with Crippen molar-refractivity contribution in [2.45, 2.75) is 45.7 Å². The third-order valence-electron chi connectivity index (χ3n) is 7.13. The van der Waals surface area contributed by atoms with Gasteiger partial charge in [0.15, 0.2) is 5.82 Å². The number of hydrogen-bond donors (Lipinski definition) is 4. The number of nitrogens with zero attached hydrogens (tertiary/aromatic N) is 1. The lowest BCUT2D eigenvalue weighted by Crippen LogP contribution is -2.41. The average molecular weight is 662 g/mol. The van der Waals surface area contributed by atoms with Gasteiger partial charge < -0.3 is 20.1 Å². The van der Waals surface area contributed by atoms with Crippen LogP contribution in [0.5, 0.6) is 0 Å². The Morgan fingerprint density at radius 3 is 2.76 bits per heavy atom. The van der Waals surface area contributed by atoms with Crippen molar-refractivity contribution in [1.29, 1.82) is 0 Å². The molecular weight excluding hydrogens is 620 g/mol. The molecule has 1 fully saturated rings. The number of anilines is 1. The van der Waals surface area contributed by atoms with E-state index in [-0.39, 0.29) is 34.1 Å². The Balaban J connectivity index is 1.75. The van der Waals surface area contributed by atoms with E-state index in [1.165, 1.54) is 12.1 Å². The molecule has 8 nitrogen and oxygen atoms in total. The van der Waals surface area contributed by atoms with E-state index < -0.39 is 21.3 Å². The number of hydrogen-bond acceptors (Lipinski definition) is 6. The number of carbonyl (C=O) groups is 1. The summed E-state index contributed by atoms with van der Waals surface area (Å²) in [5.74, 6) is 2.06. The predicted octanol–water partition coefficient (Wildman–Crippen LogP) is 5.38. The lowest BCUT2D eigenvalue weighted by Gasteiger charge is -2.18. The first-order chi connectivity index (χ1) is 21.5. The maximum Gasteiger partial charge on any atom is 0.237 e. The number of ether oxygens (including phenoxy) is 1. The summed E-state index contributed by atoms with van der Waals surface area (Å²) in [5.41, 5.74) is 1.20. The van der Waals surface area contributed by atoms with Gasteiger partial charge in [-0.05, 0) is 80.1 Å². The first-order valence-corrected chi connectivity index (χ1v) is 16.8. The lowest BCUT2D eigenvalue weighted by atomic mass is 9.94. The SMILES string of the molecule is C=S(=O)(Nc1ccc(F)c(C2=CC(=C/C)/C(=N\CNC3CN[C@@H](C(=O)NCCOC)C3)C=C2)c1F)/C(C=CCC)=C/C(Cl)=C\C. The van der Waals surface area contributed by atoms with Crippen molar-refractivity contribution < 1.29 is 22.5 Å². The molecule has 0 bridgehead atoms. The number of methoxy groups -OCH3 is 1. The summed E-state index contributed by atoms with van der Waals surface area (Å²) in [6.45, 7) is 7.30.